The van der Waals surface area contributed by atoms with Crippen molar-refractivity contribution >= 4 is 17.6 Å². The van der Waals surface area contributed by atoms with E-state index in [2.05, 4.69) is 23.1 Å². The first-order chi connectivity index (χ1) is 15.9. The van der Waals surface area contributed by atoms with Gasteiger partial charge in [-0.05, 0) is 56.1 Å². The molecule has 33 heavy (non-hydrogen) atoms. The first kappa shape index (κ1) is 23.2. The number of ketones is 1. The van der Waals surface area contributed by atoms with Gasteiger partial charge in [0.25, 0.3) is 5.91 Å². The van der Waals surface area contributed by atoms with Gasteiger partial charge in [0.15, 0.2) is 0 Å². The van der Waals surface area contributed by atoms with Gasteiger partial charge in [0.05, 0.1) is 5.41 Å². The minimum absolute atomic E-state index is 0.0263. The Morgan fingerprint density at radius 3 is 2.03 bits per heavy atom. The molecule has 0 bridgehead atoms. The van der Waals surface area contributed by atoms with Gasteiger partial charge in [-0.2, -0.15) is 0 Å². The number of likely N-dealkylation sites (tertiary alicyclic amines) is 1. The second-order valence-electron chi connectivity index (χ2n) is 9.28. The predicted molar refractivity (Wildman–Crippen MR) is 128 cm³/mol. The molecule has 2 aromatic rings. The number of piperidine rings is 1. The number of amides is 2. The van der Waals surface area contributed by atoms with Crippen LogP contribution in [0.15, 0.2) is 54.6 Å². The molecule has 2 aromatic carbocycles. The number of benzene rings is 2. The SMILES string of the molecule is CC(=O)N1CCN(C(=O)c2cccc(CN3CCC(C(C)=O)(c4ccccc4)CC3)c2)CC1. The monoisotopic (exact) mass is 447 g/mol. The summed E-state index contributed by atoms with van der Waals surface area (Å²) in [6.45, 7) is 8.07. The van der Waals surface area contributed by atoms with Gasteiger partial charge >= 0.3 is 0 Å². The fraction of sp³-hybridized carbons (Fsp3) is 0.444. The normalized spacial score (nSPS) is 18.7. The smallest absolute Gasteiger partial charge is 0.253 e. The molecule has 0 aromatic heterocycles. The highest BCUT2D eigenvalue weighted by Crippen LogP contribution is 2.36. The Hall–Kier alpha value is -2.99. The van der Waals surface area contributed by atoms with Crippen LogP contribution in [0.2, 0.25) is 0 Å². The summed E-state index contributed by atoms with van der Waals surface area (Å²) < 4.78 is 0. The van der Waals surface area contributed by atoms with E-state index in [1.54, 1.807) is 18.7 Å². The van der Waals surface area contributed by atoms with Gasteiger partial charge in [0.2, 0.25) is 5.91 Å². The molecule has 0 aliphatic carbocycles. The fourth-order valence-corrected chi connectivity index (χ4v) is 5.16. The molecule has 2 aliphatic heterocycles. The van der Waals surface area contributed by atoms with Crippen molar-refractivity contribution in [2.75, 3.05) is 39.3 Å². The molecule has 2 heterocycles. The Morgan fingerprint density at radius 1 is 0.788 bits per heavy atom. The van der Waals surface area contributed by atoms with Gasteiger partial charge in [-0.1, -0.05) is 42.5 Å². The second kappa shape index (κ2) is 9.87. The van der Waals surface area contributed by atoms with Crippen LogP contribution in [0, 0.1) is 0 Å². The third kappa shape index (κ3) is 5.01. The summed E-state index contributed by atoms with van der Waals surface area (Å²) in [7, 11) is 0. The van der Waals surface area contributed by atoms with Crippen molar-refractivity contribution in [3.05, 3.63) is 71.3 Å². The van der Waals surface area contributed by atoms with E-state index in [9.17, 15) is 14.4 Å². The third-order valence-corrected chi connectivity index (χ3v) is 7.30. The summed E-state index contributed by atoms with van der Waals surface area (Å²) in [4.78, 5) is 43.2. The first-order valence-electron chi connectivity index (χ1n) is 11.8. The van der Waals surface area contributed by atoms with Crippen molar-refractivity contribution in [1.82, 2.24) is 14.7 Å². The van der Waals surface area contributed by atoms with Crippen molar-refractivity contribution < 1.29 is 14.4 Å². The second-order valence-corrected chi connectivity index (χ2v) is 9.28. The maximum atomic E-state index is 13.0. The van der Waals surface area contributed by atoms with Crippen molar-refractivity contribution in [3.8, 4) is 0 Å². The molecule has 0 spiro atoms. The highest BCUT2D eigenvalue weighted by molar-refractivity contribution is 5.94. The minimum atomic E-state index is -0.391. The number of hydrogen-bond donors (Lipinski definition) is 0. The van der Waals surface area contributed by atoms with Crippen LogP contribution >= 0.6 is 0 Å². The van der Waals surface area contributed by atoms with E-state index >= 15 is 0 Å². The number of carbonyl (C=O) groups is 3. The van der Waals surface area contributed by atoms with Gasteiger partial charge in [0, 0.05) is 45.2 Å². The molecular weight excluding hydrogens is 414 g/mol. The van der Waals surface area contributed by atoms with Crippen LogP contribution in [0.25, 0.3) is 0 Å². The summed E-state index contributed by atoms with van der Waals surface area (Å²) in [5.41, 5.74) is 2.54. The molecule has 0 unspecified atom stereocenters. The number of piperazine rings is 1. The van der Waals surface area contributed by atoms with E-state index < -0.39 is 5.41 Å². The summed E-state index contributed by atoms with van der Waals surface area (Å²) in [6.07, 6.45) is 1.62. The maximum Gasteiger partial charge on any atom is 0.253 e. The minimum Gasteiger partial charge on any atom is -0.339 e. The van der Waals surface area contributed by atoms with E-state index in [0.717, 1.165) is 43.6 Å². The standard InChI is InChI=1S/C27H33N3O3/c1-21(31)27(25-9-4-3-5-10-25)11-13-28(14-12-27)20-23-7-6-8-24(19-23)26(33)30-17-15-29(16-18-30)22(2)32/h3-10,19H,11-18,20H2,1-2H3. The van der Waals surface area contributed by atoms with E-state index in [0.29, 0.717) is 31.7 Å². The quantitative estimate of drug-likeness (QED) is 0.707. The first-order valence-corrected chi connectivity index (χ1v) is 11.8. The van der Waals surface area contributed by atoms with Crippen LogP contribution < -0.4 is 0 Å². The molecule has 2 amide bonds. The van der Waals surface area contributed by atoms with E-state index in [-0.39, 0.29) is 17.6 Å². The van der Waals surface area contributed by atoms with Gasteiger partial charge in [-0.25, -0.2) is 0 Å². The Morgan fingerprint density at radius 2 is 1.42 bits per heavy atom. The molecule has 2 saturated heterocycles. The largest absolute Gasteiger partial charge is 0.339 e. The Balaban J connectivity index is 1.38. The zero-order chi connectivity index (χ0) is 23.4. The number of nitrogens with zero attached hydrogens (tertiary/aromatic N) is 3. The average Bonchev–Trinajstić information content (AvgIpc) is 2.85. The lowest BCUT2D eigenvalue weighted by Crippen LogP contribution is -2.50. The number of carbonyl (C=O) groups excluding carboxylic acids is 3. The van der Waals surface area contributed by atoms with Gasteiger partial charge in [0.1, 0.15) is 5.78 Å². The van der Waals surface area contributed by atoms with Crippen LogP contribution in [0.5, 0.6) is 0 Å². The van der Waals surface area contributed by atoms with Gasteiger partial charge in [-0.3, -0.25) is 19.3 Å². The topological polar surface area (TPSA) is 60.9 Å². The van der Waals surface area contributed by atoms with Crippen LogP contribution in [0.1, 0.15) is 48.2 Å². The van der Waals surface area contributed by atoms with Crippen LogP contribution in [0.4, 0.5) is 0 Å². The predicted octanol–water partition coefficient (Wildman–Crippen LogP) is 3.11. The van der Waals surface area contributed by atoms with Crippen molar-refractivity contribution in [2.45, 2.75) is 38.6 Å². The highest BCUT2D eigenvalue weighted by atomic mass is 16.2. The molecule has 4 rings (SSSR count). The molecule has 0 atom stereocenters. The van der Waals surface area contributed by atoms with E-state index in [1.807, 2.05) is 41.3 Å². The van der Waals surface area contributed by atoms with Gasteiger partial charge < -0.3 is 9.80 Å². The Labute approximate surface area is 196 Å². The number of Topliss-reactive ketones (excluding diaryl/α,β-unsaturated/α-hetero) is 1. The van der Waals surface area contributed by atoms with Crippen LogP contribution in [-0.2, 0) is 21.5 Å². The Bertz CT molecular complexity index is 1000. The van der Waals surface area contributed by atoms with Crippen LogP contribution in [0.3, 0.4) is 0 Å². The Kier molecular flexibility index (Phi) is 6.94. The zero-order valence-electron chi connectivity index (χ0n) is 19.6. The molecular formula is C27H33N3O3. The lowest BCUT2D eigenvalue weighted by Gasteiger charge is -2.40. The molecule has 174 valence electrons. The average molecular weight is 448 g/mol. The molecule has 6 nitrogen and oxygen atoms in total. The van der Waals surface area contributed by atoms with E-state index in [1.165, 1.54) is 0 Å². The van der Waals surface area contributed by atoms with Crippen molar-refractivity contribution in [2.24, 2.45) is 0 Å². The molecule has 0 radical (unpaired) electrons. The summed E-state index contributed by atoms with van der Waals surface area (Å²) >= 11 is 0. The lowest BCUT2D eigenvalue weighted by molar-refractivity contribution is -0.130. The van der Waals surface area contributed by atoms with Crippen molar-refractivity contribution in [3.63, 3.8) is 0 Å². The molecule has 2 aliphatic rings. The lowest BCUT2D eigenvalue weighted by atomic mass is 9.70. The highest BCUT2D eigenvalue weighted by Gasteiger charge is 2.40. The molecule has 0 saturated carbocycles. The zero-order valence-corrected chi connectivity index (χ0v) is 19.6. The molecule has 0 N–H and O–H groups in total. The third-order valence-electron chi connectivity index (χ3n) is 7.30. The van der Waals surface area contributed by atoms with Crippen molar-refractivity contribution in [1.29, 1.82) is 0 Å². The van der Waals surface area contributed by atoms with E-state index in [4.69, 9.17) is 0 Å². The summed E-state index contributed by atoms with van der Waals surface area (Å²) in [6, 6.07) is 18.0. The maximum absolute atomic E-state index is 13.0. The van der Waals surface area contributed by atoms with Gasteiger partial charge in [-0.15, -0.1) is 0 Å². The number of rotatable bonds is 5. The summed E-state index contributed by atoms with van der Waals surface area (Å²) in [5.74, 6) is 0.330. The van der Waals surface area contributed by atoms with Crippen LogP contribution in [-0.4, -0.2) is 71.6 Å². The molecule has 6 heteroatoms. The fourth-order valence-electron chi connectivity index (χ4n) is 5.16. The summed E-state index contributed by atoms with van der Waals surface area (Å²) in [5, 5.41) is 0. The number of hydrogen-bond acceptors (Lipinski definition) is 4. The molecule has 2 fully saturated rings.